The molecule has 1 N–H and O–H groups in total. The second-order valence-corrected chi connectivity index (χ2v) is 5.45. The van der Waals surface area contributed by atoms with Crippen LogP contribution in [0.25, 0.3) is 0 Å². The van der Waals surface area contributed by atoms with Crippen molar-refractivity contribution in [3.63, 3.8) is 0 Å². The lowest BCUT2D eigenvalue weighted by atomic mass is 10.2. The molecule has 0 aromatic heterocycles. The molecule has 0 aromatic carbocycles. The van der Waals surface area contributed by atoms with Gasteiger partial charge < -0.3 is 15.1 Å². The van der Waals surface area contributed by atoms with E-state index in [0.29, 0.717) is 19.5 Å². The smallest absolute Gasteiger partial charge is 0.236 e. The first-order valence-electron chi connectivity index (χ1n) is 7.45. The maximum absolute atomic E-state index is 12.1. The zero-order valence-electron chi connectivity index (χ0n) is 13.0. The van der Waals surface area contributed by atoms with E-state index in [-0.39, 0.29) is 11.8 Å². The van der Waals surface area contributed by atoms with Crippen LogP contribution in [0.3, 0.4) is 0 Å². The predicted molar refractivity (Wildman–Crippen MR) is 79.5 cm³/mol. The van der Waals surface area contributed by atoms with Gasteiger partial charge in [0.05, 0.1) is 6.54 Å². The Labute approximate surface area is 122 Å². The molecule has 1 rings (SSSR count). The SMILES string of the molecule is CCCN(CCC(=O)N1CCNCC1)CC(=O)N(C)C. The van der Waals surface area contributed by atoms with Crippen molar-refractivity contribution in [2.45, 2.75) is 19.8 Å². The Hall–Kier alpha value is -1.14. The monoisotopic (exact) mass is 284 g/mol. The van der Waals surface area contributed by atoms with Crippen molar-refractivity contribution in [3.05, 3.63) is 0 Å². The molecule has 1 saturated heterocycles. The molecule has 1 fully saturated rings. The number of nitrogens with one attached hydrogen (secondary N) is 1. The van der Waals surface area contributed by atoms with E-state index in [4.69, 9.17) is 0 Å². The van der Waals surface area contributed by atoms with Gasteiger partial charge in [-0.1, -0.05) is 6.92 Å². The standard InChI is InChI=1S/C14H28N4O2/c1-4-8-17(12-14(20)16(2)3)9-5-13(19)18-10-6-15-7-11-18/h15H,4-12H2,1-3H3. The van der Waals surface area contributed by atoms with Gasteiger partial charge in [0.25, 0.3) is 0 Å². The Morgan fingerprint density at radius 1 is 1.15 bits per heavy atom. The minimum atomic E-state index is 0.0908. The highest BCUT2D eigenvalue weighted by Crippen LogP contribution is 2.01. The molecule has 0 aromatic rings. The van der Waals surface area contributed by atoms with Crippen LogP contribution >= 0.6 is 0 Å². The molecule has 0 radical (unpaired) electrons. The molecule has 1 heterocycles. The fourth-order valence-electron chi connectivity index (χ4n) is 2.24. The van der Waals surface area contributed by atoms with E-state index in [9.17, 15) is 9.59 Å². The fraction of sp³-hybridized carbons (Fsp3) is 0.857. The third kappa shape index (κ3) is 5.88. The number of hydrogen-bond acceptors (Lipinski definition) is 4. The summed E-state index contributed by atoms with van der Waals surface area (Å²) in [4.78, 5) is 29.4. The van der Waals surface area contributed by atoms with E-state index < -0.39 is 0 Å². The van der Waals surface area contributed by atoms with Crippen LogP contribution in [0.15, 0.2) is 0 Å². The molecule has 116 valence electrons. The van der Waals surface area contributed by atoms with Crippen LogP contribution in [0.2, 0.25) is 0 Å². The number of piperazine rings is 1. The second kappa shape index (κ2) is 8.92. The summed E-state index contributed by atoms with van der Waals surface area (Å²) in [5.41, 5.74) is 0. The van der Waals surface area contributed by atoms with Crippen molar-refractivity contribution in [3.8, 4) is 0 Å². The van der Waals surface area contributed by atoms with Gasteiger partial charge in [-0.3, -0.25) is 14.5 Å². The van der Waals surface area contributed by atoms with Crippen LogP contribution in [0.1, 0.15) is 19.8 Å². The van der Waals surface area contributed by atoms with Crippen molar-refractivity contribution in [1.82, 2.24) is 20.0 Å². The first kappa shape index (κ1) is 16.9. The minimum absolute atomic E-state index is 0.0908. The predicted octanol–water partition coefficient (Wildman–Crippen LogP) is -0.391. The zero-order valence-corrected chi connectivity index (χ0v) is 13.0. The van der Waals surface area contributed by atoms with Gasteiger partial charge in [-0.15, -0.1) is 0 Å². The van der Waals surface area contributed by atoms with Gasteiger partial charge in [0.1, 0.15) is 0 Å². The van der Waals surface area contributed by atoms with E-state index in [0.717, 1.165) is 39.1 Å². The van der Waals surface area contributed by atoms with Crippen LogP contribution in [-0.2, 0) is 9.59 Å². The Balaban J connectivity index is 2.37. The van der Waals surface area contributed by atoms with Gasteiger partial charge in [-0.05, 0) is 13.0 Å². The molecule has 20 heavy (non-hydrogen) atoms. The molecule has 1 aliphatic heterocycles. The lowest BCUT2D eigenvalue weighted by Gasteiger charge is -2.29. The molecule has 0 bridgehead atoms. The number of carbonyl (C=O) groups is 2. The summed E-state index contributed by atoms with van der Waals surface area (Å²) in [6.07, 6.45) is 1.49. The normalized spacial score (nSPS) is 15.5. The van der Waals surface area contributed by atoms with Gasteiger partial charge in [-0.2, -0.15) is 0 Å². The summed E-state index contributed by atoms with van der Waals surface area (Å²) in [6, 6.07) is 0. The highest BCUT2D eigenvalue weighted by atomic mass is 16.2. The molecule has 0 unspecified atom stereocenters. The van der Waals surface area contributed by atoms with Gasteiger partial charge in [0.15, 0.2) is 0 Å². The topological polar surface area (TPSA) is 55.9 Å². The number of likely N-dealkylation sites (N-methyl/N-ethyl adjacent to an activating group) is 1. The van der Waals surface area contributed by atoms with Crippen molar-refractivity contribution in [2.75, 3.05) is 59.9 Å². The number of hydrogen-bond donors (Lipinski definition) is 1. The third-order valence-corrected chi connectivity index (χ3v) is 3.51. The highest BCUT2D eigenvalue weighted by molar-refractivity contribution is 5.78. The summed E-state index contributed by atoms with van der Waals surface area (Å²) >= 11 is 0. The Bertz CT molecular complexity index is 314. The average Bonchev–Trinajstić information content (AvgIpc) is 2.45. The highest BCUT2D eigenvalue weighted by Gasteiger charge is 2.18. The Kier molecular flexibility index (Phi) is 7.54. The van der Waals surface area contributed by atoms with Crippen molar-refractivity contribution in [1.29, 1.82) is 0 Å². The van der Waals surface area contributed by atoms with Crippen molar-refractivity contribution < 1.29 is 9.59 Å². The Morgan fingerprint density at radius 2 is 1.80 bits per heavy atom. The van der Waals surface area contributed by atoms with E-state index in [1.54, 1.807) is 19.0 Å². The lowest BCUT2D eigenvalue weighted by molar-refractivity contribution is -0.134. The number of carbonyl (C=O) groups excluding carboxylic acids is 2. The second-order valence-electron chi connectivity index (χ2n) is 5.45. The maximum atomic E-state index is 12.1. The number of amides is 2. The molecule has 0 spiro atoms. The molecule has 1 aliphatic rings. The molecule has 6 heteroatoms. The summed E-state index contributed by atoms with van der Waals surface area (Å²) in [5.74, 6) is 0.290. The first-order chi connectivity index (χ1) is 9.54. The molecule has 0 saturated carbocycles. The molecule has 0 aliphatic carbocycles. The largest absolute Gasteiger partial charge is 0.348 e. The number of rotatable bonds is 7. The Morgan fingerprint density at radius 3 is 2.35 bits per heavy atom. The number of nitrogens with zero attached hydrogens (tertiary/aromatic N) is 3. The average molecular weight is 284 g/mol. The minimum Gasteiger partial charge on any atom is -0.348 e. The molecular weight excluding hydrogens is 256 g/mol. The summed E-state index contributed by atoms with van der Waals surface area (Å²) < 4.78 is 0. The summed E-state index contributed by atoms with van der Waals surface area (Å²) in [6.45, 7) is 7.35. The van der Waals surface area contributed by atoms with Crippen LogP contribution < -0.4 is 5.32 Å². The van der Waals surface area contributed by atoms with Crippen LogP contribution in [0.5, 0.6) is 0 Å². The molecule has 0 atom stereocenters. The van der Waals surface area contributed by atoms with Gasteiger partial charge in [0.2, 0.25) is 11.8 Å². The third-order valence-electron chi connectivity index (χ3n) is 3.51. The van der Waals surface area contributed by atoms with E-state index >= 15 is 0 Å². The lowest BCUT2D eigenvalue weighted by Crippen LogP contribution is -2.47. The first-order valence-corrected chi connectivity index (χ1v) is 7.45. The quantitative estimate of drug-likeness (QED) is 0.692. The van der Waals surface area contributed by atoms with E-state index in [1.807, 2.05) is 4.90 Å². The van der Waals surface area contributed by atoms with E-state index in [2.05, 4.69) is 17.1 Å². The zero-order chi connectivity index (χ0) is 15.0. The van der Waals surface area contributed by atoms with Gasteiger partial charge >= 0.3 is 0 Å². The summed E-state index contributed by atoms with van der Waals surface area (Å²) in [7, 11) is 3.52. The van der Waals surface area contributed by atoms with Crippen LogP contribution in [0, 0.1) is 0 Å². The van der Waals surface area contributed by atoms with Crippen molar-refractivity contribution >= 4 is 11.8 Å². The maximum Gasteiger partial charge on any atom is 0.236 e. The van der Waals surface area contributed by atoms with Gasteiger partial charge in [-0.25, -0.2) is 0 Å². The molecule has 2 amide bonds. The van der Waals surface area contributed by atoms with Crippen molar-refractivity contribution in [2.24, 2.45) is 0 Å². The van der Waals surface area contributed by atoms with Crippen LogP contribution in [-0.4, -0.2) is 86.4 Å². The summed E-state index contributed by atoms with van der Waals surface area (Å²) in [5, 5.41) is 3.24. The van der Waals surface area contributed by atoms with E-state index in [1.165, 1.54) is 0 Å². The van der Waals surface area contributed by atoms with Gasteiger partial charge in [0, 0.05) is 53.2 Å². The fourth-order valence-corrected chi connectivity index (χ4v) is 2.24. The molecular formula is C14H28N4O2. The molecule has 6 nitrogen and oxygen atoms in total. The van der Waals surface area contributed by atoms with Crippen LogP contribution in [0.4, 0.5) is 0 Å².